The first-order chi connectivity index (χ1) is 3.80. The SMILES string of the molecule is N=C(Cl)n1ccnc1. The molecule has 0 amide bonds. The van der Waals surface area contributed by atoms with Gasteiger partial charge in [0, 0.05) is 12.4 Å². The molecule has 42 valence electrons. The normalized spacial score (nSPS) is 9.12. The van der Waals surface area contributed by atoms with Gasteiger partial charge in [0.2, 0.25) is 5.29 Å². The average molecular weight is 130 g/mol. The van der Waals surface area contributed by atoms with E-state index < -0.39 is 0 Å². The van der Waals surface area contributed by atoms with Crippen molar-refractivity contribution in [3.05, 3.63) is 18.7 Å². The van der Waals surface area contributed by atoms with Gasteiger partial charge in [-0.3, -0.25) is 9.98 Å². The quantitative estimate of drug-likeness (QED) is 0.411. The Morgan fingerprint density at radius 1 is 1.75 bits per heavy atom. The van der Waals surface area contributed by atoms with Gasteiger partial charge in [-0.05, 0) is 11.6 Å². The summed E-state index contributed by atoms with van der Waals surface area (Å²) in [6.07, 6.45) is 4.64. The zero-order chi connectivity index (χ0) is 5.98. The summed E-state index contributed by atoms with van der Waals surface area (Å²) < 4.78 is 1.40. The molecule has 0 aliphatic rings. The Morgan fingerprint density at radius 3 is 2.75 bits per heavy atom. The molecule has 0 saturated heterocycles. The highest BCUT2D eigenvalue weighted by atomic mass is 35.5. The van der Waals surface area contributed by atoms with Crippen LogP contribution in [0.15, 0.2) is 18.7 Å². The smallest absolute Gasteiger partial charge is 0.200 e. The van der Waals surface area contributed by atoms with Crippen molar-refractivity contribution >= 4 is 16.9 Å². The predicted molar refractivity (Wildman–Crippen MR) is 31.2 cm³/mol. The van der Waals surface area contributed by atoms with E-state index in [0.29, 0.717) is 0 Å². The van der Waals surface area contributed by atoms with E-state index in [4.69, 9.17) is 17.0 Å². The van der Waals surface area contributed by atoms with Crippen molar-refractivity contribution in [1.29, 1.82) is 5.41 Å². The second kappa shape index (κ2) is 1.96. The summed E-state index contributed by atoms with van der Waals surface area (Å²) in [6, 6.07) is 0. The maximum Gasteiger partial charge on any atom is 0.200 e. The number of halogens is 1. The summed E-state index contributed by atoms with van der Waals surface area (Å²) in [5.41, 5.74) is 0. The largest absolute Gasteiger partial charge is 0.281 e. The highest BCUT2D eigenvalue weighted by Crippen LogP contribution is 1.87. The van der Waals surface area contributed by atoms with Crippen molar-refractivity contribution in [3.8, 4) is 0 Å². The van der Waals surface area contributed by atoms with Crippen LogP contribution in [0.1, 0.15) is 0 Å². The maximum atomic E-state index is 6.84. The molecule has 0 aliphatic heterocycles. The van der Waals surface area contributed by atoms with Gasteiger partial charge < -0.3 is 0 Å². The van der Waals surface area contributed by atoms with Gasteiger partial charge in [0.1, 0.15) is 6.33 Å². The number of nitrogens with one attached hydrogen (secondary N) is 1. The number of nitrogens with zero attached hydrogens (tertiary/aromatic N) is 2. The molecule has 0 spiro atoms. The van der Waals surface area contributed by atoms with Gasteiger partial charge in [-0.2, -0.15) is 0 Å². The zero-order valence-corrected chi connectivity index (χ0v) is 4.76. The lowest BCUT2D eigenvalue weighted by molar-refractivity contribution is 1.13. The molecule has 1 aromatic rings. The third-order valence-corrected chi connectivity index (χ3v) is 0.926. The van der Waals surface area contributed by atoms with Crippen molar-refractivity contribution in [2.45, 2.75) is 0 Å². The van der Waals surface area contributed by atoms with Crippen LogP contribution in [0.2, 0.25) is 0 Å². The molecule has 4 heteroatoms. The summed E-state index contributed by atoms with van der Waals surface area (Å²) >= 11 is 5.25. The molecule has 0 radical (unpaired) electrons. The van der Waals surface area contributed by atoms with Crippen molar-refractivity contribution in [2.75, 3.05) is 0 Å². The summed E-state index contributed by atoms with van der Waals surface area (Å²) in [5.74, 6) is 0. The fourth-order valence-electron chi connectivity index (χ4n) is 0.375. The minimum absolute atomic E-state index is 0.0394. The second-order valence-electron chi connectivity index (χ2n) is 1.26. The van der Waals surface area contributed by atoms with Crippen molar-refractivity contribution in [1.82, 2.24) is 9.55 Å². The molecular weight excluding hydrogens is 126 g/mol. The lowest BCUT2D eigenvalue weighted by atomic mass is 10.9. The Bertz CT molecular complexity index is 179. The first-order valence-electron chi connectivity index (χ1n) is 2.03. The molecule has 0 bridgehead atoms. The Kier molecular flexibility index (Phi) is 1.30. The summed E-state index contributed by atoms with van der Waals surface area (Å²) in [6.45, 7) is 0. The van der Waals surface area contributed by atoms with Crippen molar-refractivity contribution < 1.29 is 0 Å². The highest BCUT2D eigenvalue weighted by molar-refractivity contribution is 6.64. The second-order valence-corrected chi connectivity index (χ2v) is 1.62. The van der Waals surface area contributed by atoms with Crippen molar-refractivity contribution in [3.63, 3.8) is 0 Å². The third-order valence-electron chi connectivity index (χ3n) is 0.731. The lowest BCUT2D eigenvalue weighted by Crippen LogP contribution is -1.97. The average Bonchev–Trinajstić information content (AvgIpc) is 2.12. The van der Waals surface area contributed by atoms with E-state index in [1.807, 2.05) is 0 Å². The number of rotatable bonds is 0. The van der Waals surface area contributed by atoms with Gasteiger partial charge >= 0.3 is 0 Å². The van der Waals surface area contributed by atoms with E-state index in [9.17, 15) is 0 Å². The van der Waals surface area contributed by atoms with Crippen LogP contribution in [0.5, 0.6) is 0 Å². The van der Waals surface area contributed by atoms with E-state index in [1.54, 1.807) is 12.4 Å². The summed E-state index contributed by atoms with van der Waals surface area (Å²) in [5, 5.41) is 6.80. The Hall–Kier alpha value is -0.830. The third kappa shape index (κ3) is 0.869. The predicted octanol–water partition coefficient (Wildman–Crippen LogP) is 0.905. The fourth-order valence-corrected chi connectivity index (χ4v) is 0.475. The molecule has 0 aliphatic carbocycles. The van der Waals surface area contributed by atoms with E-state index in [1.165, 1.54) is 10.9 Å². The highest BCUT2D eigenvalue weighted by Gasteiger charge is 1.88. The molecule has 8 heavy (non-hydrogen) atoms. The molecule has 1 heterocycles. The Labute approximate surface area is 51.4 Å². The van der Waals surface area contributed by atoms with Crippen LogP contribution in [0, 0.1) is 5.41 Å². The Balaban J connectivity index is 2.93. The molecule has 3 nitrogen and oxygen atoms in total. The molecule has 0 atom stereocenters. The van der Waals surface area contributed by atoms with Gasteiger partial charge in [0.15, 0.2) is 0 Å². The monoisotopic (exact) mass is 129 g/mol. The molecule has 0 unspecified atom stereocenters. The van der Waals surface area contributed by atoms with Gasteiger partial charge in [-0.1, -0.05) is 0 Å². The minimum Gasteiger partial charge on any atom is -0.281 e. The van der Waals surface area contributed by atoms with Gasteiger partial charge in [0.05, 0.1) is 0 Å². The number of hydrogen-bond acceptors (Lipinski definition) is 2. The lowest BCUT2D eigenvalue weighted by Gasteiger charge is -1.88. The topological polar surface area (TPSA) is 41.7 Å². The number of imidazole rings is 1. The fraction of sp³-hybridized carbons (Fsp3) is 0. The Morgan fingerprint density at radius 2 is 2.50 bits per heavy atom. The summed E-state index contributed by atoms with van der Waals surface area (Å²) in [4.78, 5) is 3.68. The molecule has 0 fully saturated rings. The van der Waals surface area contributed by atoms with Crippen LogP contribution in [-0.4, -0.2) is 14.8 Å². The summed E-state index contributed by atoms with van der Waals surface area (Å²) in [7, 11) is 0. The first kappa shape index (κ1) is 5.31. The van der Waals surface area contributed by atoms with Gasteiger partial charge in [0.25, 0.3) is 0 Å². The van der Waals surface area contributed by atoms with Crippen LogP contribution in [0.4, 0.5) is 0 Å². The van der Waals surface area contributed by atoms with Crippen LogP contribution < -0.4 is 0 Å². The molecular formula is C4H4ClN3. The van der Waals surface area contributed by atoms with Crippen LogP contribution in [0.25, 0.3) is 0 Å². The van der Waals surface area contributed by atoms with Crippen molar-refractivity contribution in [2.24, 2.45) is 0 Å². The van der Waals surface area contributed by atoms with E-state index in [-0.39, 0.29) is 5.29 Å². The number of aromatic nitrogens is 2. The molecule has 1 aromatic heterocycles. The standard InChI is InChI=1S/C4H4ClN3/c5-4(6)8-2-1-7-3-8/h1-3,6H. The van der Waals surface area contributed by atoms with Crippen LogP contribution in [0.3, 0.4) is 0 Å². The maximum absolute atomic E-state index is 6.84. The number of hydrogen-bond donors (Lipinski definition) is 1. The van der Waals surface area contributed by atoms with E-state index in [0.717, 1.165) is 0 Å². The van der Waals surface area contributed by atoms with E-state index >= 15 is 0 Å². The van der Waals surface area contributed by atoms with Gasteiger partial charge in [-0.15, -0.1) is 0 Å². The van der Waals surface area contributed by atoms with Crippen LogP contribution in [-0.2, 0) is 0 Å². The van der Waals surface area contributed by atoms with E-state index in [2.05, 4.69) is 4.98 Å². The molecule has 1 N–H and O–H groups in total. The zero-order valence-electron chi connectivity index (χ0n) is 4.00. The minimum atomic E-state index is -0.0394. The van der Waals surface area contributed by atoms with Crippen LogP contribution >= 0.6 is 11.6 Å². The van der Waals surface area contributed by atoms with Gasteiger partial charge in [-0.25, -0.2) is 4.98 Å². The molecule has 0 saturated carbocycles. The molecule has 1 rings (SSSR count). The first-order valence-corrected chi connectivity index (χ1v) is 2.41. The molecule has 0 aromatic carbocycles.